The van der Waals surface area contributed by atoms with Crippen molar-refractivity contribution in [2.75, 3.05) is 48.3 Å². The number of aliphatic carboxylic acids is 2. The summed E-state index contributed by atoms with van der Waals surface area (Å²) in [6.45, 7) is 5.68. The van der Waals surface area contributed by atoms with Gasteiger partial charge in [-0.15, -0.1) is 0 Å². The van der Waals surface area contributed by atoms with Gasteiger partial charge in [-0.3, -0.25) is 0 Å². The maximum absolute atomic E-state index is 11.2. The van der Waals surface area contributed by atoms with E-state index in [0.29, 0.717) is 8.97 Å². The van der Waals surface area contributed by atoms with E-state index in [4.69, 9.17) is 5.11 Å². The van der Waals surface area contributed by atoms with Gasteiger partial charge in [0, 0.05) is 6.42 Å². The molecule has 0 aromatic rings. The van der Waals surface area contributed by atoms with Crippen LogP contribution in [0.2, 0.25) is 0 Å². The fraction of sp³-hybridized carbons (Fsp3) is 0.931. The maximum atomic E-state index is 11.2. The van der Waals surface area contributed by atoms with Crippen LogP contribution in [0.1, 0.15) is 123 Å². The van der Waals surface area contributed by atoms with Crippen LogP contribution in [-0.2, 0) is 9.59 Å². The second-order valence-electron chi connectivity index (χ2n) is 11.9. The first-order valence-corrected chi connectivity index (χ1v) is 14.4. The summed E-state index contributed by atoms with van der Waals surface area (Å²) < 4.78 is 1.12. The summed E-state index contributed by atoms with van der Waals surface area (Å²) in [6.07, 6.45) is 21.4. The average molecular weight is 503 g/mol. The molecule has 0 heterocycles. The molecule has 6 nitrogen and oxygen atoms in total. The smallest absolute Gasteiger partial charge is 0.362 e. The van der Waals surface area contributed by atoms with Crippen LogP contribution in [0.3, 0.4) is 0 Å². The molecule has 0 spiro atoms. The molecule has 0 fully saturated rings. The lowest BCUT2D eigenvalue weighted by atomic mass is 10.0. The largest absolute Gasteiger partial charge is 0.477 e. The quantitative estimate of drug-likeness (QED) is 0.124. The maximum Gasteiger partial charge on any atom is 0.362 e. The van der Waals surface area contributed by atoms with E-state index in [-0.39, 0.29) is 12.6 Å². The van der Waals surface area contributed by atoms with Crippen molar-refractivity contribution in [3.8, 4) is 0 Å². The van der Waals surface area contributed by atoms with E-state index in [9.17, 15) is 14.7 Å². The van der Waals surface area contributed by atoms with Gasteiger partial charge in [-0.25, -0.2) is 9.59 Å². The van der Waals surface area contributed by atoms with Crippen molar-refractivity contribution in [1.82, 2.24) is 0 Å². The third kappa shape index (κ3) is 25.8. The van der Waals surface area contributed by atoms with Crippen molar-refractivity contribution >= 4 is 11.9 Å². The monoisotopic (exact) mass is 502 g/mol. The number of carbonyl (C=O) groups is 2. The van der Waals surface area contributed by atoms with Gasteiger partial charge in [0.1, 0.15) is 0 Å². The van der Waals surface area contributed by atoms with Crippen LogP contribution in [0.4, 0.5) is 0 Å². The number of carboxylic acid groups (broad SMARTS) is 2. The molecule has 0 aromatic heterocycles. The van der Waals surface area contributed by atoms with Crippen LogP contribution in [0.15, 0.2) is 0 Å². The Bertz CT molecular complexity index is 515. The van der Waals surface area contributed by atoms with Crippen LogP contribution >= 0.6 is 0 Å². The molecule has 0 aromatic carbocycles. The third-order valence-corrected chi connectivity index (χ3v) is 6.73. The SMILES string of the molecule is CCCCCCCCCCC(C(=O)O)[N+](C)(C)C.CCCCCCCCCC[N+](C)(C)CC(=O)O. The zero-order valence-electron chi connectivity index (χ0n) is 24.6. The summed E-state index contributed by atoms with van der Waals surface area (Å²) in [6, 6.07) is -0.259. The number of nitrogens with zero attached hydrogens (tertiary/aromatic N) is 2. The van der Waals surface area contributed by atoms with Gasteiger partial charge in [-0.2, -0.15) is 0 Å². The summed E-state index contributed by atoms with van der Waals surface area (Å²) in [5.74, 6) is -1.36. The van der Waals surface area contributed by atoms with E-state index >= 15 is 0 Å². The summed E-state index contributed by atoms with van der Waals surface area (Å²) >= 11 is 0. The predicted molar refractivity (Wildman–Crippen MR) is 149 cm³/mol. The number of quaternary nitrogens is 2. The molecule has 0 radical (unpaired) electrons. The van der Waals surface area contributed by atoms with Gasteiger partial charge in [0.2, 0.25) is 0 Å². The Morgan fingerprint density at radius 3 is 1.31 bits per heavy atom. The fourth-order valence-electron chi connectivity index (χ4n) is 4.43. The minimum Gasteiger partial charge on any atom is -0.477 e. The van der Waals surface area contributed by atoms with E-state index in [1.165, 1.54) is 89.9 Å². The lowest BCUT2D eigenvalue weighted by Gasteiger charge is -2.31. The van der Waals surface area contributed by atoms with E-state index in [1.807, 2.05) is 35.2 Å². The summed E-state index contributed by atoms with van der Waals surface area (Å²) in [5.41, 5.74) is 0. The molecule has 2 N–H and O–H groups in total. The second-order valence-corrected chi connectivity index (χ2v) is 11.9. The molecule has 0 aliphatic carbocycles. The summed E-state index contributed by atoms with van der Waals surface area (Å²) in [5, 5.41) is 17.9. The third-order valence-electron chi connectivity index (χ3n) is 6.73. The molecule has 0 aliphatic heterocycles. The first-order valence-electron chi connectivity index (χ1n) is 14.4. The van der Waals surface area contributed by atoms with Crippen LogP contribution in [0, 0.1) is 0 Å². The Hall–Kier alpha value is -1.14. The van der Waals surface area contributed by atoms with Crippen molar-refractivity contribution in [2.45, 2.75) is 129 Å². The highest BCUT2D eigenvalue weighted by Gasteiger charge is 2.30. The van der Waals surface area contributed by atoms with Crippen molar-refractivity contribution in [1.29, 1.82) is 0 Å². The highest BCUT2D eigenvalue weighted by molar-refractivity contribution is 5.72. The van der Waals surface area contributed by atoms with Gasteiger partial charge in [-0.05, 0) is 19.3 Å². The Morgan fingerprint density at radius 2 is 0.971 bits per heavy atom. The molecule has 6 heteroatoms. The molecule has 0 saturated heterocycles. The Kier molecular flexibility index (Phi) is 22.7. The van der Waals surface area contributed by atoms with Crippen molar-refractivity contribution in [2.24, 2.45) is 0 Å². The van der Waals surface area contributed by atoms with Gasteiger partial charge in [0.05, 0.1) is 41.8 Å². The van der Waals surface area contributed by atoms with Crippen molar-refractivity contribution < 1.29 is 28.8 Å². The molecule has 35 heavy (non-hydrogen) atoms. The molecule has 0 amide bonds. The lowest BCUT2D eigenvalue weighted by molar-refractivity contribution is -0.887. The number of hydrogen-bond acceptors (Lipinski definition) is 2. The second kappa shape index (κ2) is 22.1. The highest BCUT2D eigenvalue weighted by atomic mass is 16.4. The Labute approximate surface area is 218 Å². The van der Waals surface area contributed by atoms with Crippen LogP contribution < -0.4 is 0 Å². The van der Waals surface area contributed by atoms with E-state index in [2.05, 4.69) is 13.8 Å². The predicted octanol–water partition coefficient (Wildman–Crippen LogP) is 6.96. The normalized spacial score (nSPS) is 12.7. The van der Waals surface area contributed by atoms with Crippen LogP contribution in [0.25, 0.3) is 0 Å². The highest BCUT2D eigenvalue weighted by Crippen LogP contribution is 2.15. The molecule has 0 bridgehead atoms. The number of likely N-dealkylation sites (N-methyl/N-ethyl adjacent to an activating group) is 2. The topological polar surface area (TPSA) is 74.6 Å². The van der Waals surface area contributed by atoms with Gasteiger partial charge in [0.25, 0.3) is 0 Å². The van der Waals surface area contributed by atoms with Crippen LogP contribution in [0.5, 0.6) is 0 Å². The lowest BCUT2D eigenvalue weighted by Crippen LogP contribution is -2.49. The number of rotatable bonds is 22. The van der Waals surface area contributed by atoms with Crippen molar-refractivity contribution in [3.05, 3.63) is 0 Å². The van der Waals surface area contributed by atoms with Gasteiger partial charge >= 0.3 is 11.9 Å². The van der Waals surface area contributed by atoms with Crippen LogP contribution in [-0.4, -0.2) is 85.5 Å². The standard InChI is InChI=1S/C15H31NO2.C14H29NO2/c1-5-6-7-8-9-10-11-12-13-14(15(17)18)16(2,3)4;1-4-5-6-7-8-9-10-11-12-15(2,3)13-14(16)17/h14H,5-13H2,1-4H3;4-13H2,1-3H3/p+2. The zero-order chi connectivity index (χ0) is 27.2. The number of unbranched alkanes of at least 4 members (excludes halogenated alkanes) is 14. The minimum absolute atomic E-state index is 0.233. The molecular weight excluding hydrogens is 440 g/mol. The van der Waals surface area contributed by atoms with Gasteiger partial charge in [0.15, 0.2) is 12.6 Å². The zero-order valence-corrected chi connectivity index (χ0v) is 24.6. The van der Waals surface area contributed by atoms with E-state index < -0.39 is 11.9 Å². The Balaban J connectivity index is 0. The van der Waals surface area contributed by atoms with Gasteiger partial charge < -0.3 is 19.2 Å². The average Bonchev–Trinajstić information content (AvgIpc) is 2.72. The molecule has 0 saturated carbocycles. The fourth-order valence-corrected chi connectivity index (χ4v) is 4.43. The van der Waals surface area contributed by atoms with E-state index in [0.717, 1.165) is 25.8 Å². The number of hydrogen-bond donors (Lipinski definition) is 2. The first kappa shape index (κ1) is 36.0. The first-order chi connectivity index (χ1) is 16.4. The number of carboxylic acids is 2. The molecule has 0 rings (SSSR count). The summed E-state index contributed by atoms with van der Waals surface area (Å²) in [7, 11) is 9.88. The minimum atomic E-state index is -0.699. The Morgan fingerprint density at radius 1 is 0.600 bits per heavy atom. The molecule has 1 unspecified atom stereocenters. The van der Waals surface area contributed by atoms with E-state index in [1.54, 1.807) is 0 Å². The van der Waals surface area contributed by atoms with Crippen molar-refractivity contribution in [3.63, 3.8) is 0 Å². The summed E-state index contributed by atoms with van der Waals surface area (Å²) in [4.78, 5) is 21.8. The molecular formula is C29H62N2O4+2. The molecule has 1 atom stereocenters. The molecule has 210 valence electrons. The molecule has 0 aliphatic rings. The van der Waals surface area contributed by atoms with Gasteiger partial charge in [-0.1, -0.05) is 97.3 Å².